The van der Waals surface area contributed by atoms with Crippen LogP contribution < -0.4 is 4.74 Å². The molecular weight excluding hydrogens is 272 g/mol. The zero-order valence-corrected chi connectivity index (χ0v) is 13.5. The molecule has 0 N–H and O–H groups in total. The number of unbranched alkanes of at least 4 members (excludes halogenated alkanes) is 1. The van der Waals surface area contributed by atoms with Crippen molar-refractivity contribution in [2.45, 2.75) is 46.0 Å². The lowest BCUT2D eigenvalue weighted by molar-refractivity contribution is -0.133. The smallest absolute Gasteiger partial charge is 0.323 e. The van der Waals surface area contributed by atoms with Crippen molar-refractivity contribution in [2.75, 3.05) is 0 Å². The molecule has 22 heavy (non-hydrogen) atoms. The van der Waals surface area contributed by atoms with E-state index in [1.807, 2.05) is 12.1 Å². The Morgan fingerprint density at radius 2 is 1.91 bits per heavy atom. The Morgan fingerprint density at radius 3 is 2.64 bits per heavy atom. The van der Waals surface area contributed by atoms with Gasteiger partial charge in [0, 0.05) is 5.56 Å². The molecule has 0 saturated carbocycles. The van der Waals surface area contributed by atoms with E-state index in [9.17, 15) is 4.79 Å². The highest BCUT2D eigenvalue weighted by Crippen LogP contribution is 2.42. The van der Waals surface area contributed by atoms with Crippen molar-refractivity contribution in [3.05, 3.63) is 64.2 Å². The first-order chi connectivity index (χ1) is 10.6. The molecule has 0 radical (unpaired) electrons. The summed E-state index contributed by atoms with van der Waals surface area (Å²) in [6.45, 7) is 6.36. The second kappa shape index (κ2) is 5.96. The molecule has 3 rings (SSSR count). The van der Waals surface area contributed by atoms with Gasteiger partial charge in [-0.25, -0.2) is 0 Å². The van der Waals surface area contributed by atoms with E-state index in [1.54, 1.807) is 0 Å². The van der Waals surface area contributed by atoms with E-state index < -0.39 is 0 Å². The quantitative estimate of drug-likeness (QED) is 0.603. The molecule has 0 aromatic heterocycles. The van der Waals surface area contributed by atoms with Gasteiger partial charge in [0.15, 0.2) is 0 Å². The highest BCUT2D eigenvalue weighted by Gasteiger charge is 2.36. The number of ether oxygens (including phenoxy) is 1. The van der Waals surface area contributed by atoms with Crippen LogP contribution in [-0.2, 0) is 11.2 Å². The Hall–Kier alpha value is -2.09. The van der Waals surface area contributed by atoms with E-state index in [2.05, 4.69) is 45.0 Å². The Kier molecular flexibility index (Phi) is 4.02. The summed E-state index contributed by atoms with van der Waals surface area (Å²) >= 11 is 0. The Balaban J connectivity index is 2.07. The van der Waals surface area contributed by atoms with Crippen molar-refractivity contribution in [2.24, 2.45) is 0 Å². The van der Waals surface area contributed by atoms with Gasteiger partial charge in [0.2, 0.25) is 0 Å². The summed E-state index contributed by atoms with van der Waals surface area (Å²) in [6.07, 6.45) is 3.27. The Morgan fingerprint density at radius 1 is 1.09 bits per heavy atom. The van der Waals surface area contributed by atoms with Crippen molar-refractivity contribution in [1.82, 2.24) is 0 Å². The summed E-state index contributed by atoms with van der Waals surface area (Å²) in [4.78, 5) is 12.4. The predicted molar refractivity (Wildman–Crippen MR) is 88.4 cm³/mol. The summed E-state index contributed by atoms with van der Waals surface area (Å²) in [6, 6.07) is 12.3. The van der Waals surface area contributed by atoms with E-state index in [4.69, 9.17) is 4.74 Å². The fourth-order valence-electron chi connectivity index (χ4n) is 3.12. The van der Waals surface area contributed by atoms with Crippen molar-refractivity contribution < 1.29 is 9.53 Å². The van der Waals surface area contributed by atoms with E-state index in [0.29, 0.717) is 0 Å². The van der Waals surface area contributed by atoms with Gasteiger partial charge in [0.1, 0.15) is 11.7 Å². The maximum absolute atomic E-state index is 12.4. The van der Waals surface area contributed by atoms with E-state index >= 15 is 0 Å². The molecule has 1 unspecified atom stereocenters. The van der Waals surface area contributed by atoms with E-state index in [1.165, 1.54) is 16.7 Å². The summed E-state index contributed by atoms with van der Waals surface area (Å²) in [5.74, 6) is 0.311. The number of esters is 1. The number of rotatable bonds is 4. The lowest BCUT2D eigenvalue weighted by atomic mass is 9.86. The van der Waals surface area contributed by atoms with Gasteiger partial charge < -0.3 is 4.74 Å². The number of fused-ring (bicyclic) bond motifs is 1. The number of carbonyl (C=O) groups is 1. The predicted octanol–water partition coefficient (Wildman–Crippen LogP) is 4.70. The first kappa shape index (κ1) is 14.8. The average Bonchev–Trinajstić information content (AvgIpc) is 2.84. The van der Waals surface area contributed by atoms with Crippen LogP contribution in [0.15, 0.2) is 36.4 Å². The first-order valence-electron chi connectivity index (χ1n) is 8.02. The van der Waals surface area contributed by atoms with Crippen LogP contribution in [0.3, 0.4) is 0 Å². The van der Waals surface area contributed by atoms with Gasteiger partial charge >= 0.3 is 5.97 Å². The fraction of sp³-hybridized carbons (Fsp3) is 0.350. The van der Waals surface area contributed by atoms with Crippen molar-refractivity contribution in [3.63, 3.8) is 0 Å². The highest BCUT2D eigenvalue weighted by molar-refractivity contribution is 5.90. The number of aryl methyl sites for hydroxylation is 3. The van der Waals surface area contributed by atoms with Gasteiger partial charge in [-0.1, -0.05) is 43.7 Å². The van der Waals surface area contributed by atoms with Gasteiger partial charge in [-0.2, -0.15) is 0 Å². The summed E-state index contributed by atoms with van der Waals surface area (Å²) < 4.78 is 5.53. The minimum atomic E-state index is -0.276. The molecule has 2 nitrogen and oxygen atoms in total. The molecule has 1 atom stereocenters. The molecule has 0 fully saturated rings. The minimum Gasteiger partial charge on any atom is -0.425 e. The third kappa shape index (κ3) is 2.54. The molecule has 114 valence electrons. The molecule has 0 spiro atoms. The van der Waals surface area contributed by atoms with E-state index in [-0.39, 0.29) is 11.9 Å². The third-order valence-electron chi connectivity index (χ3n) is 4.56. The van der Waals surface area contributed by atoms with Crippen LogP contribution in [0.1, 0.15) is 53.5 Å². The number of hydrogen-bond acceptors (Lipinski definition) is 2. The zero-order valence-electron chi connectivity index (χ0n) is 13.5. The monoisotopic (exact) mass is 294 g/mol. The molecule has 2 aromatic rings. The second-order valence-electron chi connectivity index (χ2n) is 6.13. The Bertz CT molecular complexity index is 716. The van der Waals surface area contributed by atoms with Gasteiger partial charge in [0.25, 0.3) is 0 Å². The standard InChI is InChI=1S/C20H22O2/c1-4-5-7-15-8-6-9-17-18(15)19(20(21)22-17)16-11-10-13(2)14(3)12-16/h6,8-12,19H,4-5,7H2,1-3H3. The Labute approximate surface area is 132 Å². The van der Waals surface area contributed by atoms with Crippen molar-refractivity contribution in [3.8, 4) is 5.75 Å². The highest BCUT2D eigenvalue weighted by atomic mass is 16.5. The second-order valence-corrected chi connectivity index (χ2v) is 6.13. The van der Waals surface area contributed by atoms with Gasteiger partial charge in [0.05, 0.1) is 0 Å². The SMILES string of the molecule is CCCCc1cccc2c1C(c1ccc(C)c(C)c1)C(=O)O2. The van der Waals surface area contributed by atoms with Crippen molar-refractivity contribution in [1.29, 1.82) is 0 Å². The number of hydrogen-bond donors (Lipinski definition) is 0. The number of carbonyl (C=O) groups excluding carboxylic acids is 1. The van der Waals surface area contributed by atoms with Crippen LogP contribution >= 0.6 is 0 Å². The van der Waals surface area contributed by atoms with Crippen LogP contribution in [0.2, 0.25) is 0 Å². The molecule has 1 heterocycles. The normalized spacial score (nSPS) is 16.5. The maximum atomic E-state index is 12.4. The zero-order chi connectivity index (χ0) is 15.7. The van der Waals surface area contributed by atoms with E-state index in [0.717, 1.165) is 36.1 Å². The molecule has 0 saturated heterocycles. The lowest BCUT2D eigenvalue weighted by Gasteiger charge is -2.13. The van der Waals surface area contributed by atoms with Gasteiger partial charge in [-0.15, -0.1) is 0 Å². The van der Waals surface area contributed by atoms with Gasteiger partial charge in [-0.05, 0) is 55.0 Å². The fourth-order valence-corrected chi connectivity index (χ4v) is 3.12. The topological polar surface area (TPSA) is 26.3 Å². The number of benzene rings is 2. The molecule has 0 bridgehead atoms. The van der Waals surface area contributed by atoms with Crippen LogP contribution in [0.5, 0.6) is 5.75 Å². The largest absolute Gasteiger partial charge is 0.425 e. The van der Waals surface area contributed by atoms with Crippen LogP contribution in [0, 0.1) is 13.8 Å². The average molecular weight is 294 g/mol. The van der Waals surface area contributed by atoms with Crippen LogP contribution in [-0.4, -0.2) is 5.97 Å². The summed E-state index contributed by atoms with van der Waals surface area (Å²) in [5.41, 5.74) is 5.81. The molecule has 1 aliphatic heterocycles. The van der Waals surface area contributed by atoms with Gasteiger partial charge in [-0.3, -0.25) is 4.79 Å². The van der Waals surface area contributed by atoms with Crippen LogP contribution in [0.25, 0.3) is 0 Å². The molecule has 2 heteroatoms. The third-order valence-corrected chi connectivity index (χ3v) is 4.56. The van der Waals surface area contributed by atoms with Crippen molar-refractivity contribution >= 4 is 5.97 Å². The molecular formula is C20H22O2. The molecule has 1 aliphatic rings. The lowest BCUT2D eigenvalue weighted by Crippen LogP contribution is -2.12. The molecule has 2 aromatic carbocycles. The summed E-state index contributed by atoms with van der Waals surface area (Å²) in [7, 11) is 0. The molecule has 0 aliphatic carbocycles. The van der Waals surface area contributed by atoms with Crippen LogP contribution in [0.4, 0.5) is 0 Å². The molecule has 0 amide bonds. The first-order valence-corrected chi connectivity index (χ1v) is 8.02. The minimum absolute atomic E-state index is 0.151. The summed E-state index contributed by atoms with van der Waals surface area (Å²) in [5, 5.41) is 0. The maximum Gasteiger partial charge on any atom is 0.323 e.